The van der Waals surface area contributed by atoms with Crippen LogP contribution in [0.3, 0.4) is 0 Å². The van der Waals surface area contributed by atoms with Crippen molar-refractivity contribution < 1.29 is 0 Å². The van der Waals surface area contributed by atoms with Crippen molar-refractivity contribution in [3.05, 3.63) is 84.2 Å². The molecule has 2 heterocycles. The van der Waals surface area contributed by atoms with E-state index in [4.69, 9.17) is 0 Å². The van der Waals surface area contributed by atoms with Gasteiger partial charge in [0.15, 0.2) is 0 Å². The van der Waals surface area contributed by atoms with Crippen LogP contribution < -0.4 is 0 Å². The molecule has 1 aromatic carbocycles. The van der Waals surface area contributed by atoms with Gasteiger partial charge in [-0.15, -0.1) is 0 Å². The maximum absolute atomic E-state index is 4.52. The molecule has 0 amide bonds. The lowest BCUT2D eigenvalue weighted by Gasteiger charge is -2.14. The third-order valence-corrected chi connectivity index (χ3v) is 3.49. The molecule has 3 aromatic rings. The van der Waals surface area contributed by atoms with Crippen molar-refractivity contribution in [1.82, 2.24) is 14.5 Å². The Labute approximate surface area is 118 Å². The van der Waals surface area contributed by atoms with Gasteiger partial charge in [-0.25, -0.2) is 4.98 Å². The normalized spacial score (nSPS) is 12.2. The predicted octanol–water partition coefficient (Wildman–Crippen LogP) is 3.48. The van der Waals surface area contributed by atoms with E-state index < -0.39 is 0 Å². The Balaban J connectivity index is 1.87. The van der Waals surface area contributed by atoms with E-state index in [1.165, 1.54) is 5.56 Å². The van der Waals surface area contributed by atoms with E-state index in [1.54, 1.807) is 0 Å². The van der Waals surface area contributed by atoms with E-state index in [0.29, 0.717) is 0 Å². The highest BCUT2D eigenvalue weighted by Gasteiger charge is 2.14. The zero-order valence-electron chi connectivity index (χ0n) is 11.5. The van der Waals surface area contributed by atoms with Gasteiger partial charge in [0.05, 0.1) is 12.2 Å². The Morgan fingerprint density at radius 2 is 1.75 bits per heavy atom. The third-order valence-electron chi connectivity index (χ3n) is 3.49. The number of imidazole rings is 1. The first kappa shape index (κ1) is 12.6. The molecule has 3 nitrogen and oxygen atoms in total. The molecule has 0 aliphatic heterocycles. The molecule has 0 spiro atoms. The lowest BCUT2D eigenvalue weighted by Crippen LogP contribution is -2.09. The van der Waals surface area contributed by atoms with Crippen LogP contribution in [0, 0.1) is 0 Å². The number of aromatic nitrogens is 3. The lowest BCUT2D eigenvalue weighted by atomic mass is 10.0. The number of benzene rings is 1. The van der Waals surface area contributed by atoms with Gasteiger partial charge in [-0.05, 0) is 17.7 Å². The molecule has 0 aliphatic rings. The van der Waals surface area contributed by atoms with Crippen molar-refractivity contribution in [2.75, 3.05) is 0 Å². The second kappa shape index (κ2) is 5.70. The summed E-state index contributed by atoms with van der Waals surface area (Å²) in [6, 6.07) is 16.4. The maximum Gasteiger partial charge on any atom is 0.116 e. The van der Waals surface area contributed by atoms with Crippen molar-refractivity contribution in [2.45, 2.75) is 19.4 Å². The fourth-order valence-corrected chi connectivity index (χ4v) is 2.39. The second-order valence-corrected chi connectivity index (χ2v) is 4.87. The zero-order valence-corrected chi connectivity index (χ0v) is 11.5. The van der Waals surface area contributed by atoms with Gasteiger partial charge in [-0.1, -0.05) is 43.3 Å². The number of hydrogen-bond donors (Lipinski definition) is 0. The number of nitrogens with zero attached hydrogens (tertiary/aromatic N) is 3. The third kappa shape index (κ3) is 2.62. The van der Waals surface area contributed by atoms with Crippen LogP contribution in [-0.4, -0.2) is 14.5 Å². The van der Waals surface area contributed by atoms with E-state index in [2.05, 4.69) is 45.7 Å². The minimum Gasteiger partial charge on any atom is -0.328 e. The van der Waals surface area contributed by atoms with E-state index in [9.17, 15) is 0 Å². The van der Waals surface area contributed by atoms with Crippen LogP contribution in [0.5, 0.6) is 0 Å². The molecule has 1 atom stereocenters. The van der Waals surface area contributed by atoms with Gasteiger partial charge in [0.1, 0.15) is 5.82 Å². The monoisotopic (exact) mass is 263 g/mol. The molecular formula is C17H17N3. The largest absolute Gasteiger partial charge is 0.328 e. The summed E-state index contributed by atoms with van der Waals surface area (Å²) in [5.74, 6) is 1.34. The molecule has 100 valence electrons. The molecule has 3 heteroatoms. The summed E-state index contributed by atoms with van der Waals surface area (Å²) in [6.45, 7) is 2.94. The molecule has 0 radical (unpaired) electrons. The summed E-state index contributed by atoms with van der Waals surface area (Å²) in [5.41, 5.74) is 2.33. The van der Waals surface area contributed by atoms with Gasteiger partial charge in [0.2, 0.25) is 0 Å². The summed E-state index contributed by atoms with van der Waals surface area (Å²) in [4.78, 5) is 8.90. The minimum atomic E-state index is 0.273. The zero-order chi connectivity index (χ0) is 13.8. The van der Waals surface area contributed by atoms with Crippen LogP contribution in [0.25, 0.3) is 0 Å². The quantitative estimate of drug-likeness (QED) is 0.721. The Bertz CT molecular complexity index is 659. The average molecular weight is 263 g/mol. The fraction of sp³-hybridized carbons (Fsp3) is 0.176. The first-order chi connectivity index (χ1) is 9.84. The van der Waals surface area contributed by atoms with Crippen LogP contribution in [0.15, 0.2) is 67.1 Å². The van der Waals surface area contributed by atoms with Crippen molar-refractivity contribution in [3.63, 3.8) is 0 Å². The van der Waals surface area contributed by atoms with Crippen LogP contribution >= 0.6 is 0 Å². The summed E-state index contributed by atoms with van der Waals surface area (Å²) in [6.07, 6.45) is 5.70. The summed E-state index contributed by atoms with van der Waals surface area (Å²) >= 11 is 0. The van der Waals surface area contributed by atoms with Crippen molar-refractivity contribution in [2.24, 2.45) is 0 Å². The molecule has 2 aromatic heterocycles. The van der Waals surface area contributed by atoms with Gasteiger partial charge in [-0.2, -0.15) is 0 Å². The number of rotatable bonds is 4. The van der Waals surface area contributed by atoms with Gasteiger partial charge in [0, 0.05) is 24.5 Å². The van der Waals surface area contributed by atoms with Gasteiger partial charge < -0.3 is 4.57 Å². The SMILES string of the molecule is CC(c1ccccc1)c1nccn1Cc1ccccn1. The number of hydrogen-bond acceptors (Lipinski definition) is 2. The number of pyridine rings is 1. The van der Waals surface area contributed by atoms with Crippen LogP contribution in [0.4, 0.5) is 0 Å². The minimum absolute atomic E-state index is 0.273. The van der Waals surface area contributed by atoms with Crippen molar-refractivity contribution in [3.8, 4) is 0 Å². The average Bonchev–Trinajstić information content (AvgIpc) is 2.96. The van der Waals surface area contributed by atoms with Gasteiger partial charge in [-0.3, -0.25) is 4.98 Å². The topological polar surface area (TPSA) is 30.7 Å². The standard InChI is InChI=1S/C17H17N3/c1-14(15-7-3-2-4-8-15)17-19-11-12-20(17)13-16-9-5-6-10-18-16/h2-12,14H,13H2,1H3. The molecule has 0 saturated heterocycles. The Hall–Kier alpha value is -2.42. The highest BCUT2D eigenvalue weighted by Crippen LogP contribution is 2.22. The van der Waals surface area contributed by atoms with Crippen LogP contribution in [0.1, 0.15) is 29.9 Å². The highest BCUT2D eigenvalue weighted by molar-refractivity contribution is 5.25. The molecular weight excluding hydrogens is 246 g/mol. The molecule has 0 saturated carbocycles. The fourth-order valence-electron chi connectivity index (χ4n) is 2.39. The van der Waals surface area contributed by atoms with Gasteiger partial charge in [0.25, 0.3) is 0 Å². The van der Waals surface area contributed by atoms with E-state index in [1.807, 2.05) is 42.9 Å². The molecule has 0 N–H and O–H groups in total. The van der Waals surface area contributed by atoms with Crippen LogP contribution in [0.2, 0.25) is 0 Å². The smallest absolute Gasteiger partial charge is 0.116 e. The molecule has 20 heavy (non-hydrogen) atoms. The van der Waals surface area contributed by atoms with Crippen molar-refractivity contribution >= 4 is 0 Å². The molecule has 0 fully saturated rings. The Morgan fingerprint density at radius 3 is 2.50 bits per heavy atom. The summed E-state index contributed by atoms with van der Waals surface area (Å²) in [5, 5.41) is 0. The molecule has 0 aliphatic carbocycles. The van der Waals surface area contributed by atoms with E-state index >= 15 is 0 Å². The van der Waals surface area contributed by atoms with Crippen LogP contribution in [-0.2, 0) is 6.54 Å². The lowest BCUT2D eigenvalue weighted by molar-refractivity contribution is 0.679. The molecule has 1 unspecified atom stereocenters. The van der Waals surface area contributed by atoms with Crippen molar-refractivity contribution in [1.29, 1.82) is 0 Å². The van der Waals surface area contributed by atoms with E-state index in [0.717, 1.165) is 18.1 Å². The first-order valence-electron chi connectivity index (χ1n) is 6.80. The second-order valence-electron chi connectivity index (χ2n) is 4.87. The first-order valence-corrected chi connectivity index (χ1v) is 6.80. The Kier molecular flexibility index (Phi) is 3.59. The highest BCUT2D eigenvalue weighted by atomic mass is 15.1. The van der Waals surface area contributed by atoms with E-state index in [-0.39, 0.29) is 5.92 Å². The molecule has 0 bridgehead atoms. The maximum atomic E-state index is 4.52. The van der Waals surface area contributed by atoms with Gasteiger partial charge >= 0.3 is 0 Å². The summed E-state index contributed by atoms with van der Waals surface area (Å²) < 4.78 is 2.17. The summed E-state index contributed by atoms with van der Waals surface area (Å²) in [7, 11) is 0. The predicted molar refractivity (Wildman–Crippen MR) is 79.5 cm³/mol. The Morgan fingerprint density at radius 1 is 0.950 bits per heavy atom. The molecule has 3 rings (SSSR count).